The van der Waals surface area contributed by atoms with Crippen LogP contribution in [0.2, 0.25) is 0 Å². The largest absolute Gasteiger partial charge is 0.341 e. The highest BCUT2D eigenvalue weighted by Crippen LogP contribution is 2.03. The van der Waals surface area contributed by atoms with E-state index in [2.05, 4.69) is 43.8 Å². The van der Waals surface area contributed by atoms with Crippen LogP contribution in [0.3, 0.4) is 0 Å². The first-order chi connectivity index (χ1) is 5.72. The lowest BCUT2D eigenvalue weighted by atomic mass is 10.4. The Hall–Kier alpha value is -0.830. The molecule has 0 amide bonds. The van der Waals surface area contributed by atoms with Gasteiger partial charge in [0.1, 0.15) is 0 Å². The van der Waals surface area contributed by atoms with Crippen molar-refractivity contribution in [1.82, 2.24) is 9.97 Å². The van der Waals surface area contributed by atoms with E-state index in [1.807, 2.05) is 6.92 Å². The zero-order valence-electron chi connectivity index (χ0n) is 6.58. The molecular formula is C8H8IN3. The minimum Gasteiger partial charge on any atom is -0.341 e. The Bertz CT molecular complexity index is 288. The average molecular weight is 273 g/mol. The number of aromatic nitrogens is 2. The smallest absolute Gasteiger partial charge is 0.223 e. The third-order valence-electron chi connectivity index (χ3n) is 1.22. The van der Waals surface area contributed by atoms with Gasteiger partial charge in [-0.25, -0.2) is 9.97 Å². The molecule has 0 bridgehead atoms. The Morgan fingerprint density at radius 2 is 2.17 bits per heavy atom. The van der Waals surface area contributed by atoms with Crippen LogP contribution < -0.4 is 5.32 Å². The van der Waals surface area contributed by atoms with E-state index in [0.29, 0.717) is 5.95 Å². The third-order valence-corrected chi connectivity index (χ3v) is 1.77. The molecule has 3 nitrogen and oxygen atoms in total. The molecule has 0 aliphatic carbocycles. The van der Waals surface area contributed by atoms with Gasteiger partial charge in [0, 0.05) is 16.0 Å². The Morgan fingerprint density at radius 1 is 1.58 bits per heavy atom. The molecule has 1 atom stereocenters. The zero-order chi connectivity index (χ0) is 8.97. The Labute approximate surface area is 85.1 Å². The molecule has 1 aromatic rings. The lowest BCUT2D eigenvalue weighted by Gasteiger charge is -2.05. The number of anilines is 1. The second-order valence-corrected chi connectivity index (χ2v) is 3.50. The number of hydrogen-bond donors (Lipinski definition) is 1. The summed E-state index contributed by atoms with van der Waals surface area (Å²) in [7, 11) is 0. The van der Waals surface area contributed by atoms with E-state index < -0.39 is 0 Å². The van der Waals surface area contributed by atoms with Gasteiger partial charge in [0.25, 0.3) is 0 Å². The minimum absolute atomic E-state index is 0.0370. The molecule has 0 radical (unpaired) electrons. The monoisotopic (exact) mass is 273 g/mol. The first kappa shape index (κ1) is 9.26. The van der Waals surface area contributed by atoms with Crippen LogP contribution in [-0.4, -0.2) is 16.0 Å². The van der Waals surface area contributed by atoms with Gasteiger partial charge in [0.15, 0.2) is 0 Å². The number of nitrogens with zero attached hydrogens (tertiary/aromatic N) is 2. The number of rotatable bonds is 2. The Balaban J connectivity index is 2.66. The normalized spacial score (nSPS) is 11.8. The second kappa shape index (κ2) is 4.26. The average Bonchev–Trinajstić information content (AvgIpc) is 2.09. The fourth-order valence-electron chi connectivity index (χ4n) is 0.622. The Kier molecular flexibility index (Phi) is 3.29. The van der Waals surface area contributed by atoms with Gasteiger partial charge >= 0.3 is 0 Å². The highest BCUT2D eigenvalue weighted by molar-refractivity contribution is 14.1. The van der Waals surface area contributed by atoms with Crippen molar-refractivity contribution in [1.29, 1.82) is 0 Å². The van der Waals surface area contributed by atoms with Crippen LogP contribution in [0.5, 0.6) is 0 Å². The van der Waals surface area contributed by atoms with Crippen LogP contribution in [0.15, 0.2) is 12.4 Å². The van der Waals surface area contributed by atoms with Crippen LogP contribution in [0.1, 0.15) is 6.92 Å². The summed E-state index contributed by atoms with van der Waals surface area (Å²) in [6, 6.07) is -0.0370. The first-order valence-electron chi connectivity index (χ1n) is 3.42. The van der Waals surface area contributed by atoms with E-state index in [4.69, 9.17) is 6.42 Å². The fourth-order valence-corrected chi connectivity index (χ4v) is 0.901. The van der Waals surface area contributed by atoms with Gasteiger partial charge in [-0.3, -0.25) is 0 Å². The molecule has 1 N–H and O–H groups in total. The van der Waals surface area contributed by atoms with Gasteiger partial charge in [-0.1, -0.05) is 5.92 Å². The van der Waals surface area contributed by atoms with Crippen molar-refractivity contribution in [3.05, 3.63) is 16.0 Å². The molecule has 0 spiro atoms. The molecular weight excluding hydrogens is 265 g/mol. The summed E-state index contributed by atoms with van der Waals surface area (Å²) >= 11 is 2.15. The quantitative estimate of drug-likeness (QED) is 0.655. The molecule has 0 aliphatic rings. The van der Waals surface area contributed by atoms with Crippen molar-refractivity contribution in [2.75, 3.05) is 5.32 Å². The maximum Gasteiger partial charge on any atom is 0.223 e. The molecule has 62 valence electrons. The van der Waals surface area contributed by atoms with E-state index in [1.165, 1.54) is 0 Å². The lowest BCUT2D eigenvalue weighted by molar-refractivity contribution is 0.979. The van der Waals surface area contributed by atoms with Crippen molar-refractivity contribution in [2.45, 2.75) is 13.0 Å². The van der Waals surface area contributed by atoms with E-state index >= 15 is 0 Å². The summed E-state index contributed by atoms with van der Waals surface area (Å²) in [6.45, 7) is 1.88. The molecule has 12 heavy (non-hydrogen) atoms. The molecule has 1 rings (SSSR count). The zero-order valence-corrected chi connectivity index (χ0v) is 8.74. The number of hydrogen-bond acceptors (Lipinski definition) is 3. The summed E-state index contributed by atoms with van der Waals surface area (Å²) in [6.07, 6.45) is 8.65. The molecule has 1 aromatic heterocycles. The Morgan fingerprint density at radius 3 is 2.67 bits per heavy atom. The van der Waals surface area contributed by atoms with Crippen molar-refractivity contribution in [2.24, 2.45) is 0 Å². The molecule has 1 heterocycles. The highest BCUT2D eigenvalue weighted by Gasteiger charge is 1.98. The van der Waals surface area contributed by atoms with Crippen LogP contribution in [0.4, 0.5) is 5.95 Å². The summed E-state index contributed by atoms with van der Waals surface area (Å²) in [5.74, 6) is 3.11. The van der Waals surface area contributed by atoms with Crippen molar-refractivity contribution in [3.8, 4) is 12.3 Å². The predicted octanol–water partition coefficient (Wildman–Crippen LogP) is 1.51. The maximum absolute atomic E-state index is 5.18. The molecule has 0 fully saturated rings. The van der Waals surface area contributed by atoms with Gasteiger partial charge in [-0.05, 0) is 29.5 Å². The topological polar surface area (TPSA) is 37.8 Å². The van der Waals surface area contributed by atoms with Gasteiger partial charge in [0.05, 0.1) is 6.04 Å². The SMILES string of the molecule is C#CC(C)Nc1ncc(I)cn1. The lowest BCUT2D eigenvalue weighted by Crippen LogP contribution is -2.14. The van der Waals surface area contributed by atoms with E-state index in [1.54, 1.807) is 12.4 Å². The standard InChI is InChI=1S/C8H8IN3/c1-3-6(2)12-8-10-4-7(9)5-11-8/h1,4-6H,2H3,(H,10,11,12). The van der Waals surface area contributed by atoms with Crippen molar-refractivity contribution < 1.29 is 0 Å². The van der Waals surface area contributed by atoms with E-state index in [9.17, 15) is 0 Å². The van der Waals surface area contributed by atoms with E-state index in [0.717, 1.165) is 3.57 Å². The first-order valence-corrected chi connectivity index (χ1v) is 4.50. The molecule has 0 saturated carbocycles. The van der Waals surface area contributed by atoms with Gasteiger partial charge in [0.2, 0.25) is 5.95 Å². The fraction of sp³-hybridized carbons (Fsp3) is 0.250. The van der Waals surface area contributed by atoms with Gasteiger partial charge < -0.3 is 5.32 Å². The highest BCUT2D eigenvalue weighted by atomic mass is 127. The number of nitrogens with one attached hydrogen (secondary N) is 1. The van der Waals surface area contributed by atoms with Crippen molar-refractivity contribution >= 4 is 28.5 Å². The minimum atomic E-state index is -0.0370. The third kappa shape index (κ3) is 2.66. The summed E-state index contributed by atoms with van der Waals surface area (Å²) in [5, 5.41) is 2.96. The van der Waals surface area contributed by atoms with Crippen LogP contribution in [0.25, 0.3) is 0 Å². The van der Waals surface area contributed by atoms with Gasteiger partial charge in [-0.2, -0.15) is 0 Å². The second-order valence-electron chi connectivity index (χ2n) is 2.26. The molecule has 4 heteroatoms. The molecule has 1 unspecified atom stereocenters. The summed E-state index contributed by atoms with van der Waals surface area (Å²) in [5.41, 5.74) is 0. The van der Waals surface area contributed by atoms with Crippen LogP contribution in [-0.2, 0) is 0 Å². The van der Waals surface area contributed by atoms with Crippen LogP contribution >= 0.6 is 22.6 Å². The maximum atomic E-state index is 5.18. The van der Waals surface area contributed by atoms with Gasteiger partial charge in [-0.15, -0.1) is 6.42 Å². The van der Waals surface area contributed by atoms with Crippen molar-refractivity contribution in [3.63, 3.8) is 0 Å². The van der Waals surface area contributed by atoms with Crippen LogP contribution in [0, 0.1) is 15.9 Å². The molecule has 0 aliphatic heterocycles. The molecule has 0 saturated heterocycles. The summed E-state index contributed by atoms with van der Waals surface area (Å²) < 4.78 is 1.01. The number of terminal acetylenes is 1. The summed E-state index contributed by atoms with van der Waals surface area (Å²) in [4.78, 5) is 8.08. The number of halogens is 1. The van der Waals surface area contributed by atoms with E-state index in [-0.39, 0.29) is 6.04 Å². The predicted molar refractivity (Wildman–Crippen MR) is 56.7 cm³/mol. The molecule has 0 aromatic carbocycles.